The zero-order valence-electron chi connectivity index (χ0n) is 13.9. The van der Waals surface area contributed by atoms with Gasteiger partial charge in [0, 0.05) is 12.0 Å². The van der Waals surface area contributed by atoms with Crippen molar-refractivity contribution in [3.05, 3.63) is 0 Å². The third kappa shape index (κ3) is 7.92. The van der Waals surface area contributed by atoms with E-state index in [-0.39, 0.29) is 12.5 Å². The summed E-state index contributed by atoms with van der Waals surface area (Å²) in [5, 5.41) is 11.0. The minimum absolute atomic E-state index is 0.0219. The van der Waals surface area contributed by atoms with Crippen molar-refractivity contribution in [1.82, 2.24) is 9.79 Å². The maximum Gasteiger partial charge on any atom is 0.338 e. The predicted octanol–water partition coefficient (Wildman–Crippen LogP) is 0.280. The molecule has 22 heavy (non-hydrogen) atoms. The number of hydroxylamine groups is 2. The van der Waals surface area contributed by atoms with E-state index in [2.05, 4.69) is 4.72 Å². The molecule has 3 atom stereocenters. The van der Waals surface area contributed by atoms with Crippen LogP contribution in [0.3, 0.4) is 0 Å². The molecule has 4 N–H and O–H groups in total. The van der Waals surface area contributed by atoms with Gasteiger partial charge in [-0.15, -0.1) is 0 Å². The van der Waals surface area contributed by atoms with Gasteiger partial charge in [0.05, 0.1) is 25.5 Å². The summed E-state index contributed by atoms with van der Waals surface area (Å²) in [6.45, 7) is 7.42. The highest BCUT2D eigenvalue weighted by molar-refractivity contribution is 7.88. The van der Waals surface area contributed by atoms with Crippen LogP contribution >= 0.6 is 0 Å². The summed E-state index contributed by atoms with van der Waals surface area (Å²) in [4.78, 5) is 16.6. The van der Waals surface area contributed by atoms with E-state index < -0.39 is 34.1 Å². The SMILES string of the molecule is CCCN(OCC(C(C)O)C(NS(C)(=O)=O)C(C)C)C(N)=O. The van der Waals surface area contributed by atoms with Crippen LogP contribution < -0.4 is 10.5 Å². The van der Waals surface area contributed by atoms with Crippen molar-refractivity contribution in [1.29, 1.82) is 0 Å². The average molecular weight is 339 g/mol. The second-order valence-corrected chi connectivity index (χ2v) is 7.58. The van der Waals surface area contributed by atoms with E-state index in [1.165, 1.54) is 0 Å². The highest BCUT2D eigenvalue weighted by Crippen LogP contribution is 2.19. The molecule has 0 aromatic carbocycles. The average Bonchev–Trinajstić information content (AvgIpc) is 2.33. The number of hydrogen-bond acceptors (Lipinski definition) is 5. The summed E-state index contributed by atoms with van der Waals surface area (Å²) in [6, 6.07) is -1.24. The van der Waals surface area contributed by atoms with Gasteiger partial charge in [0.25, 0.3) is 0 Å². The molecule has 0 fully saturated rings. The van der Waals surface area contributed by atoms with Gasteiger partial charge < -0.3 is 10.8 Å². The van der Waals surface area contributed by atoms with Gasteiger partial charge in [-0.1, -0.05) is 20.8 Å². The second-order valence-electron chi connectivity index (χ2n) is 5.80. The van der Waals surface area contributed by atoms with Crippen molar-refractivity contribution in [3.8, 4) is 0 Å². The molecule has 0 radical (unpaired) electrons. The molecule has 0 aliphatic rings. The Hall–Kier alpha value is -0.900. The van der Waals surface area contributed by atoms with Crippen LogP contribution in [0.4, 0.5) is 4.79 Å². The molecule has 0 saturated carbocycles. The van der Waals surface area contributed by atoms with Crippen LogP contribution in [-0.4, -0.2) is 56.2 Å². The number of sulfonamides is 1. The minimum atomic E-state index is -3.43. The molecule has 2 amide bonds. The zero-order valence-corrected chi connectivity index (χ0v) is 14.8. The lowest BCUT2D eigenvalue weighted by Crippen LogP contribution is -2.50. The lowest BCUT2D eigenvalue weighted by atomic mass is 9.88. The van der Waals surface area contributed by atoms with E-state index in [1.54, 1.807) is 6.92 Å². The smallest absolute Gasteiger partial charge is 0.338 e. The molecule has 3 unspecified atom stereocenters. The van der Waals surface area contributed by atoms with Gasteiger partial charge in [0.2, 0.25) is 10.0 Å². The monoisotopic (exact) mass is 339 g/mol. The van der Waals surface area contributed by atoms with Crippen molar-refractivity contribution < 1.29 is 23.2 Å². The summed E-state index contributed by atoms with van der Waals surface area (Å²) >= 11 is 0. The molecule has 0 bridgehead atoms. The van der Waals surface area contributed by atoms with Crippen molar-refractivity contribution in [2.75, 3.05) is 19.4 Å². The van der Waals surface area contributed by atoms with Crippen LogP contribution in [-0.2, 0) is 14.9 Å². The lowest BCUT2D eigenvalue weighted by molar-refractivity contribution is -0.141. The van der Waals surface area contributed by atoms with E-state index in [1.807, 2.05) is 20.8 Å². The molecule has 0 aromatic rings. The third-order valence-electron chi connectivity index (χ3n) is 3.24. The highest BCUT2D eigenvalue weighted by Gasteiger charge is 2.31. The Labute approximate surface area is 133 Å². The number of nitrogens with one attached hydrogen (secondary N) is 1. The number of nitrogens with two attached hydrogens (primary N) is 1. The number of aliphatic hydroxyl groups excluding tert-OH is 1. The standard InChI is InChI=1S/C13H29N3O5S/c1-6-7-16(13(14)18)21-8-11(10(4)17)12(9(2)3)15-22(5,19)20/h9-12,15,17H,6-8H2,1-5H3,(H2,14,18). The fraction of sp³-hybridized carbons (Fsp3) is 0.923. The van der Waals surface area contributed by atoms with Crippen LogP contribution in [0.25, 0.3) is 0 Å². The Balaban J connectivity index is 5.05. The number of carbonyl (C=O) groups excluding carboxylic acids is 1. The van der Waals surface area contributed by atoms with Crippen molar-refractivity contribution in [3.63, 3.8) is 0 Å². The summed E-state index contributed by atoms with van der Waals surface area (Å²) in [7, 11) is -3.43. The Bertz CT molecular complexity index is 439. The Morgan fingerprint density at radius 1 is 1.36 bits per heavy atom. The quantitative estimate of drug-likeness (QED) is 0.493. The number of primary amides is 1. The van der Waals surface area contributed by atoms with Gasteiger partial charge in [0.1, 0.15) is 0 Å². The molecule has 0 aliphatic carbocycles. The number of amides is 2. The first-order valence-electron chi connectivity index (χ1n) is 7.34. The number of carbonyl (C=O) groups is 1. The van der Waals surface area contributed by atoms with Crippen LogP contribution in [0.2, 0.25) is 0 Å². The van der Waals surface area contributed by atoms with E-state index >= 15 is 0 Å². The minimum Gasteiger partial charge on any atom is -0.393 e. The molecule has 0 saturated heterocycles. The van der Waals surface area contributed by atoms with Crippen LogP contribution in [0.5, 0.6) is 0 Å². The summed E-state index contributed by atoms with van der Waals surface area (Å²) in [5.74, 6) is -0.584. The molecular weight excluding hydrogens is 310 g/mol. The van der Waals surface area contributed by atoms with Gasteiger partial charge in [0.15, 0.2) is 0 Å². The first-order chi connectivity index (χ1) is 9.99. The number of urea groups is 1. The molecule has 9 heteroatoms. The lowest BCUT2D eigenvalue weighted by Gasteiger charge is -2.33. The van der Waals surface area contributed by atoms with Crippen molar-refractivity contribution >= 4 is 16.1 Å². The number of aliphatic hydroxyl groups is 1. The first-order valence-corrected chi connectivity index (χ1v) is 9.24. The van der Waals surface area contributed by atoms with Gasteiger partial charge >= 0.3 is 6.03 Å². The fourth-order valence-electron chi connectivity index (χ4n) is 2.13. The Morgan fingerprint density at radius 3 is 2.23 bits per heavy atom. The molecule has 0 aromatic heterocycles. The molecular formula is C13H29N3O5S. The van der Waals surface area contributed by atoms with Crippen molar-refractivity contribution in [2.45, 2.75) is 46.3 Å². The topological polar surface area (TPSA) is 122 Å². The number of rotatable bonds is 10. The van der Waals surface area contributed by atoms with Crippen LogP contribution in [0.15, 0.2) is 0 Å². The Morgan fingerprint density at radius 2 is 1.91 bits per heavy atom. The first kappa shape index (κ1) is 21.1. The highest BCUT2D eigenvalue weighted by atomic mass is 32.2. The molecule has 0 spiro atoms. The summed E-state index contributed by atoms with van der Waals surface area (Å²) < 4.78 is 25.5. The van der Waals surface area contributed by atoms with Gasteiger partial charge in [-0.3, -0.25) is 4.84 Å². The number of hydrogen-bond donors (Lipinski definition) is 3. The maximum absolute atomic E-state index is 11.5. The normalized spacial score (nSPS) is 16.3. The van der Waals surface area contributed by atoms with Gasteiger partial charge in [-0.2, -0.15) is 0 Å². The van der Waals surface area contributed by atoms with E-state index in [4.69, 9.17) is 10.6 Å². The molecule has 0 rings (SSSR count). The fourth-order valence-corrected chi connectivity index (χ4v) is 3.07. The number of nitrogens with zero attached hydrogens (tertiary/aromatic N) is 1. The summed E-state index contributed by atoms with van der Waals surface area (Å²) in [6.07, 6.45) is 0.907. The Kier molecular flexibility index (Phi) is 8.91. The molecule has 0 aliphatic heterocycles. The predicted molar refractivity (Wildman–Crippen MR) is 84.3 cm³/mol. The molecule has 8 nitrogen and oxygen atoms in total. The van der Waals surface area contributed by atoms with Gasteiger partial charge in [-0.25, -0.2) is 23.0 Å². The zero-order chi connectivity index (χ0) is 17.5. The third-order valence-corrected chi connectivity index (χ3v) is 3.94. The van der Waals surface area contributed by atoms with Gasteiger partial charge in [-0.05, 0) is 19.3 Å². The van der Waals surface area contributed by atoms with E-state index in [0.29, 0.717) is 13.0 Å². The molecule has 132 valence electrons. The second kappa shape index (κ2) is 9.29. The van der Waals surface area contributed by atoms with Crippen molar-refractivity contribution in [2.24, 2.45) is 17.6 Å². The largest absolute Gasteiger partial charge is 0.393 e. The van der Waals surface area contributed by atoms with E-state index in [0.717, 1.165) is 11.3 Å². The van der Waals surface area contributed by atoms with Crippen LogP contribution in [0.1, 0.15) is 34.1 Å². The summed E-state index contributed by atoms with van der Waals surface area (Å²) in [5.41, 5.74) is 5.21. The maximum atomic E-state index is 11.5. The van der Waals surface area contributed by atoms with E-state index in [9.17, 15) is 18.3 Å². The molecule has 0 heterocycles. The van der Waals surface area contributed by atoms with Crippen LogP contribution in [0, 0.1) is 11.8 Å².